The van der Waals surface area contributed by atoms with Crippen molar-refractivity contribution in [2.45, 2.75) is 30.8 Å². The van der Waals surface area contributed by atoms with E-state index in [1.165, 1.54) is 15.6 Å². The lowest BCUT2D eigenvalue weighted by atomic mass is 10.1. The highest BCUT2D eigenvalue weighted by Crippen LogP contribution is 2.21. The molecule has 0 spiro atoms. The van der Waals surface area contributed by atoms with E-state index in [0.717, 1.165) is 17.7 Å². The maximum Gasteiger partial charge on any atom is 0.243 e. The van der Waals surface area contributed by atoms with E-state index in [4.69, 9.17) is 5.73 Å². The molecule has 7 heteroatoms. The number of sulfonamides is 1. The first-order valence-corrected chi connectivity index (χ1v) is 9.02. The monoisotopic (exact) mass is 325 g/mol. The summed E-state index contributed by atoms with van der Waals surface area (Å²) in [5.41, 5.74) is 9.24. The number of nitrogens with zero attached hydrogens (tertiary/aromatic N) is 2. The molecule has 1 aromatic carbocycles. The summed E-state index contributed by atoms with van der Waals surface area (Å²) >= 11 is 1.45. The molecule has 5 nitrogen and oxygen atoms in total. The molecule has 1 atom stereocenters. The van der Waals surface area contributed by atoms with E-state index in [2.05, 4.69) is 4.98 Å². The van der Waals surface area contributed by atoms with Crippen molar-refractivity contribution in [1.29, 1.82) is 0 Å². The Hall–Kier alpha value is -1.28. The SMILES string of the molecule is CCC(N)c1cccc(S(=O)(=O)N(C)Cc2cscn2)c1. The standard InChI is InChI=1S/C14H19N3O2S2/c1-3-14(15)11-5-4-6-13(7-11)21(18,19)17(2)8-12-9-20-10-16-12/h4-7,9-10,14H,3,8,15H2,1-2H3. The molecule has 2 aromatic rings. The van der Waals surface area contributed by atoms with Gasteiger partial charge in [0.15, 0.2) is 0 Å². The molecule has 0 aliphatic carbocycles. The van der Waals surface area contributed by atoms with Crippen LogP contribution in [0.4, 0.5) is 0 Å². The highest BCUT2D eigenvalue weighted by atomic mass is 32.2. The molecule has 2 N–H and O–H groups in total. The van der Waals surface area contributed by atoms with Crippen LogP contribution >= 0.6 is 11.3 Å². The lowest BCUT2D eigenvalue weighted by Gasteiger charge is -2.17. The summed E-state index contributed by atoms with van der Waals surface area (Å²) in [7, 11) is -1.98. The normalized spacial score (nSPS) is 13.5. The quantitative estimate of drug-likeness (QED) is 0.884. The van der Waals surface area contributed by atoms with Crippen molar-refractivity contribution in [1.82, 2.24) is 9.29 Å². The summed E-state index contributed by atoms with van der Waals surface area (Å²) in [6, 6.07) is 6.69. The molecule has 0 aliphatic rings. The Kier molecular flexibility index (Phi) is 5.10. The smallest absolute Gasteiger partial charge is 0.243 e. The van der Waals surface area contributed by atoms with E-state index in [1.807, 2.05) is 18.4 Å². The lowest BCUT2D eigenvalue weighted by Crippen LogP contribution is -2.26. The van der Waals surface area contributed by atoms with Crippen LogP contribution < -0.4 is 5.73 Å². The first-order chi connectivity index (χ1) is 9.95. The van der Waals surface area contributed by atoms with Gasteiger partial charge in [0, 0.05) is 18.5 Å². The third-order valence-corrected chi connectivity index (χ3v) is 5.74. The fraction of sp³-hybridized carbons (Fsp3) is 0.357. The molecule has 114 valence electrons. The van der Waals surface area contributed by atoms with Gasteiger partial charge in [-0.15, -0.1) is 11.3 Å². The average Bonchev–Trinajstić information content (AvgIpc) is 2.99. The van der Waals surface area contributed by atoms with Gasteiger partial charge in [-0.2, -0.15) is 4.31 Å². The largest absolute Gasteiger partial charge is 0.324 e. The molecule has 1 heterocycles. The molecule has 1 aromatic heterocycles. The van der Waals surface area contributed by atoms with Crippen molar-refractivity contribution >= 4 is 21.4 Å². The minimum absolute atomic E-state index is 0.149. The van der Waals surface area contributed by atoms with E-state index in [0.29, 0.717) is 0 Å². The molecule has 0 aliphatic heterocycles. The maximum absolute atomic E-state index is 12.6. The van der Waals surface area contributed by atoms with Gasteiger partial charge in [0.05, 0.1) is 22.6 Å². The minimum atomic E-state index is -3.54. The molecular formula is C14H19N3O2S2. The molecule has 2 rings (SSSR count). The van der Waals surface area contributed by atoms with E-state index >= 15 is 0 Å². The molecule has 0 saturated carbocycles. The maximum atomic E-state index is 12.6. The second-order valence-electron chi connectivity index (χ2n) is 4.83. The van der Waals surface area contributed by atoms with Gasteiger partial charge in [0.2, 0.25) is 10.0 Å². The van der Waals surface area contributed by atoms with Crippen LogP contribution in [0.5, 0.6) is 0 Å². The van der Waals surface area contributed by atoms with Crippen molar-refractivity contribution in [2.75, 3.05) is 7.05 Å². The molecule has 0 saturated heterocycles. The lowest BCUT2D eigenvalue weighted by molar-refractivity contribution is 0.463. The predicted octanol–water partition coefficient (Wildman–Crippen LogP) is 2.37. The van der Waals surface area contributed by atoms with Crippen LogP contribution in [0.15, 0.2) is 40.1 Å². The fourth-order valence-corrected chi connectivity index (χ4v) is 3.70. The number of nitrogens with two attached hydrogens (primary N) is 1. The zero-order valence-corrected chi connectivity index (χ0v) is 13.7. The van der Waals surface area contributed by atoms with Crippen molar-refractivity contribution in [3.63, 3.8) is 0 Å². The van der Waals surface area contributed by atoms with Gasteiger partial charge in [0.1, 0.15) is 0 Å². The number of hydrogen-bond donors (Lipinski definition) is 1. The minimum Gasteiger partial charge on any atom is -0.324 e. The van der Waals surface area contributed by atoms with Crippen LogP contribution in [0.25, 0.3) is 0 Å². The summed E-state index contributed by atoms with van der Waals surface area (Å²) in [6.07, 6.45) is 0.762. The van der Waals surface area contributed by atoms with Crippen LogP contribution in [0.1, 0.15) is 30.6 Å². The van der Waals surface area contributed by atoms with Gasteiger partial charge in [-0.05, 0) is 24.1 Å². The summed E-state index contributed by atoms with van der Waals surface area (Å²) in [4.78, 5) is 4.38. The van der Waals surface area contributed by atoms with Crippen LogP contribution in [0.2, 0.25) is 0 Å². The average molecular weight is 325 g/mol. The Bertz CT molecular complexity index is 684. The zero-order chi connectivity index (χ0) is 15.5. The summed E-state index contributed by atoms with van der Waals surface area (Å²) in [6.45, 7) is 2.23. The van der Waals surface area contributed by atoms with Gasteiger partial charge in [0.25, 0.3) is 0 Å². The number of rotatable bonds is 6. The first-order valence-electron chi connectivity index (χ1n) is 6.64. The van der Waals surface area contributed by atoms with Crippen molar-refractivity contribution < 1.29 is 8.42 Å². The van der Waals surface area contributed by atoms with Gasteiger partial charge < -0.3 is 5.73 Å². The van der Waals surface area contributed by atoms with Gasteiger partial charge in [-0.1, -0.05) is 19.1 Å². The van der Waals surface area contributed by atoms with Gasteiger partial charge in [-0.25, -0.2) is 13.4 Å². The number of thiazole rings is 1. The molecule has 0 radical (unpaired) electrons. The third kappa shape index (κ3) is 3.68. The van der Waals surface area contributed by atoms with Crippen molar-refractivity contribution in [3.8, 4) is 0 Å². The second-order valence-corrected chi connectivity index (χ2v) is 7.59. The molecule has 0 bridgehead atoms. The van der Waals surface area contributed by atoms with Crippen LogP contribution in [0, 0.1) is 0 Å². The number of aromatic nitrogens is 1. The van der Waals surface area contributed by atoms with E-state index in [-0.39, 0.29) is 17.5 Å². The topological polar surface area (TPSA) is 76.3 Å². The predicted molar refractivity (Wildman–Crippen MR) is 84.4 cm³/mol. The van der Waals surface area contributed by atoms with Crippen molar-refractivity contribution in [3.05, 3.63) is 46.4 Å². The molecule has 0 amide bonds. The van der Waals surface area contributed by atoms with E-state index in [1.54, 1.807) is 30.8 Å². The third-order valence-electron chi connectivity index (χ3n) is 3.30. The van der Waals surface area contributed by atoms with Crippen LogP contribution in [0.3, 0.4) is 0 Å². The summed E-state index contributed by atoms with van der Waals surface area (Å²) in [5, 5.41) is 1.84. The van der Waals surface area contributed by atoms with Crippen LogP contribution in [-0.4, -0.2) is 24.8 Å². The molecule has 21 heavy (non-hydrogen) atoms. The van der Waals surface area contributed by atoms with Crippen molar-refractivity contribution in [2.24, 2.45) is 5.73 Å². The number of hydrogen-bond acceptors (Lipinski definition) is 5. The van der Waals surface area contributed by atoms with E-state index < -0.39 is 10.0 Å². The Morgan fingerprint density at radius 1 is 1.43 bits per heavy atom. The van der Waals surface area contributed by atoms with Gasteiger partial charge >= 0.3 is 0 Å². The molecule has 1 unspecified atom stereocenters. The Morgan fingerprint density at radius 2 is 2.19 bits per heavy atom. The van der Waals surface area contributed by atoms with E-state index in [9.17, 15) is 8.42 Å². The Balaban J connectivity index is 2.26. The molecular weight excluding hydrogens is 306 g/mol. The summed E-state index contributed by atoms with van der Waals surface area (Å²) < 4.78 is 26.5. The second kappa shape index (κ2) is 6.65. The summed E-state index contributed by atoms with van der Waals surface area (Å²) in [5.74, 6) is 0. The van der Waals surface area contributed by atoms with Gasteiger partial charge in [-0.3, -0.25) is 0 Å². The Labute approximate surface area is 129 Å². The highest BCUT2D eigenvalue weighted by Gasteiger charge is 2.22. The highest BCUT2D eigenvalue weighted by molar-refractivity contribution is 7.89. The number of benzene rings is 1. The fourth-order valence-electron chi connectivity index (χ4n) is 1.95. The zero-order valence-electron chi connectivity index (χ0n) is 12.1. The first kappa shape index (κ1) is 16.1. The Morgan fingerprint density at radius 3 is 2.81 bits per heavy atom. The molecule has 0 fully saturated rings. The van der Waals surface area contributed by atoms with Crippen LogP contribution in [-0.2, 0) is 16.6 Å².